The summed E-state index contributed by atoms with van der Waals surface area (Å²) in [5.74, 6) is 0.820. The first-order valence-electron chi connectivity index (χ1n) is 7.49. The summed E-state index contributed by atoms with van der Waals surface area (Å²) in [6, 6.07) is 3.05. The number of halogens is 1. The summed E-state index contributed by atoms with van der Waals surface area (Å²) in [6.45, 7) is 1.10. The summed E-state index contributed by atoms with van der Waals surface area (Å²) in [6.07, 6.45) is 12.3. The molecule has 0 aromatic carbocycles. The lowest BCUT2D eigenvalue weighted by molar-refractivity contribution is 0.396. The SMILES string of the molecule is Brc1csc(C=C(CNC2CC2)C2CCCCC2)c1. The van der Waals surface area contributed by atoms with Gasteiger partial charge in [0, 0.05) is 27.3 Å². The second-order valence-corrected chi connectivity index (χ2v) is 7.74. The molecular formula is C16H22BrNS. The third-order valence-electron chi connectivity index (χ3n) is 4.22. The highest BCUT2D eigenvalue weighted by atomic mass is 79.9. The fraction of sp³-hybridized carbons (Fsp3) is 0.625. The van der Waals surface area contributed by atoms with Gasteiger partial charge < -0.3 is 5.32 Å². The Balaban J connectivity index is 1.71. The third kappa shape index (κ3) is 4.17. The first-order valence-corrected chi connectivity index (χ1v) is 9.16. The normalized spacial score (nSPS) is 21.8. The van der Waals surface area contributed by atoms with Crippen LogP contribution < -0.4 is 5.32 Å². The second-order valence-electron chi connectivity index (χ2n) is 5.88. The maximum atomic E-state index is 3.71. The number of nitrogens with one attached hydrogen (secondary N) is 1. The van der Waals surface area contributed by atoms with Gasteiger partial charge in [0.25, 0.3) is 0 Å². The van der Waals surface area contributed by atoms with Crippen LogP contribution in [0, 0.1) is 5.92 Å². The van der Waals surface area contributed by atoms with Gasteiger partial charge in [-0.05, 0) is 59.7 Å². The van der Waals surface area contributed by atoms with Crippen LogP contribution in [0.4, 0.5) is 0 Å². The Morgan fingerprint density at radius 1 is 1.26 bits per heavy atom. The Morgan fingerprint density at radius 2 is 2.05 bits per heavy atom. The first-order chi connectivity index (χ1) is 9.31. The molecule has 1 aromatic heterocycles. The van der Waals surface area contributed by atoms with Crippen LogP contribution >= 0.6 is 27.3 Å². The van der Waals surface area contributed by atoms with E-state index in [1.165, 1.54) is 54.3 Å². The number of hydrogen-bond acceptors (Lipinski definition) is 2. The molecule has 0 saturated heterocycles. The van der Waals surface area contributed by atoms with E-state index in [1.807, 2.05) is 11.3 Å². The summed E-state index contributed by atoms with van der Waals surface area (Å²) in [7, 11) is 0. The molecule has 19 heavy (non-hydrogen) atoms. The average molecular weight is 340 g/mol. The molecule has 2 aliphatic rings. The molecule has 0 amide bonds. The van der Waals surface area contributed by atoms with E-state index in [0.717, 1.165) is 18.5 Å². The van der Waals surface area contributed by atoms with Crippen molar-refractivity contribution in [2.75, 3.05) is 6.54 Å². The van der Waals surface area contributed by atoms with Crippen molar-refractivity contribution in [3.63, 3.8) is 0 Å². The fourth-order valence-corrected chi connectivity index (χ4v) is 4.33. The van der Waals surface area contributed by atoms with E-state index in [0.29, 0.717) is 0 Å². The minimum atomic E-state index is 0.807. The maximum absolute atomic E-state index is 3.71. The lowest BCUT2D eigenvalue weighted by atomic mass is 9.83. The smallest absolute Gasteiger partial charge is 0.0288 e. The second kappa shape index (κ2) is 6.55. The lowest BCUT2D eigenvalue weighted by Crippen LogP contribution is -2.23. The van der Waals surface area contributed by atoms with Gasteiger partial charge in [-0.15, -0.1) is 11.3 Å². The Morgan fingerprint density at radius 3 is 2.68 bits per heavy atom. The fourth-order valence-electron chi connectivity index (χ4n) is 2.92. The van der Waals surface area contributed by atoms with Crippen LogP contribution in [0.2, 0.25) is 0 Å². The quantitative estimate of drug-likeness (QED) is 0.774. The molecule has 0 aliphatic heterocycles. The van der Waals surface area contributed by atoms with Crippen LogP contribution in [0.1, 0.15) is 49.8 Å². The van der Waals surface area contributed by atoms with E-state index in [-0.39, 0.29) is 0 Å². The molecule has 3 rings (SSSR count). The van der Waals surface area contributed by atoms with Crippen LogP contribution in [0.15, 0.2) is 21.5 Å². The summed E-state index contributed by atoms with van der Waals surface area (Å²) in [5, 5.41) is 5.88. The van der Waals surface area contributed by atoms with E-state index in [1.54, 1.807) is 5.57 Å². The average Bonchev–Trinajstić information content (AvgIpc) is 3.18. The molecule has 1 aromatic rings. The van der Waals surface area contributed by atoms with Crippen molar-refractivity contribution in [3.05, 3.63) is 26.4 Å². The first kappa shape index (κ1) is 13.8. The molecular weight excluding hydrogens is 318 g/mol. The maximum Gasteiger partial charge on any atom is 0.0288 e. The van der Waals surface area contributed by atoms with E-state index in [2.05, 4.69) is 38.8 Å². The molecule has 1 nitrogen and oxygen atoms in total. The molecule has 2 saturated carbocycles. The molecule has 0 atom stereocenters. The van der Waals surface area contributed by atoms with Gasteiger partial charge in [0.05, 0.1) is 0 Å². The zero-order chi connectivity index (χ0) is 13.1. The lowest BCUT2D eigenvalue weighted by Gasteiger charge is -2.25. The van der Waals surface area contributed by atoms with E-state index >= 15 is 0 Å². The van der Waals surface area contributed by atoms with Crippen molar-refractivity contribution in [1.29, 1.82) is 0 Å². The molecule has 0 unspecified atom stereocenters. The largest absolute Gasteiger partial charge is 0.310 e. The third-order valence-corrected chi connectivity index (χ3v) is 5.86. The molecule has 1 N–H and O–H groups in total. The Hall–Kier alpha value is -0.120. The highest BCUT2D eigenvalue weighted by Crippen LogP contribution is 2.32. The monoisotopic (exact) mass is 339 g/mol. The van der Waals surface area contributed by atoms with Gasteiger partial charge >= 0.3 is 0 Å². The van der Waals surface area contributed by atoms with Gasteiger partial charge in [-0.3, -0.25) is 0 Å². The van der Waals surface area contributed by atoms with Crippen molar-refractivity contribution in [3.8, 4) is 0 Å². The summed E-state index contributed by atoms with van der Waals surface area (Å²) >= 11 is 5.40. The van der Waals surface area contributed by atoms with Crippen LogP contribution in [0.5, 0.6) is 0 Å². The zero-order valence-corrected chi connectivity index (χ0v) is 13.7. The van der Waals surface area contributed by atoms with Gasteiger partial charge in [0.2, 0.25) is 0 Å². The van der Waals surface area contributed by atoms with Crippen LogP contribution in [-0.2, 0) is 0 Å². The van der Waals surface area contributed by atoms with Crippen molar-refractivity contribution >= 4 is 33.3 Å². The minimum Gasteiger partial charge on any atom is -0.310 e. The van der Waals surface area contributed by atoms with Crippen molar-refractivity contribution in [1.82, 2.24) is 5.32 Å². The summed E-state index contributed by atoms with van der Waals surface area (Å²) < 4.78 is 1.21. The van der Waals surface area contributed by atoms with Crippen molar-refractivity contribution in [2.45, 2.75) is 51.0 Å². The van der Waals surface area contributed by atoms with E-state index < -0.39 is 0 Å². The van der Waals surface area contributed by atoms with Gasteiger partial charge in [-0.2, -0.15) is 0 Å². The van der Waals surface area contributed by atoms with Crippen LogP contribution in [0.3, 0.4) is 0 Å². The number of hydrogen-bond donors (Lipinski definition) is 1. The number of rotatable bonds is 5. The predicted molar refractivity (Wildman–Crippen MR) is 87.6 cm³/mol. The molecule has 2 fully saturated rings. The van der Waals surface area contributed by atoms with Gasteiger partial charge in [0.1, 0.15) is 0 Å². The van der Waals surface area contributed by atoms with E-state index in [9.17, 15) is 0 Å². The molecule has 3 heteroatoms. The van der Waals surface area contributed by atoms with E-state index in [4.69, 9.17) is 0 Å². The Labute approximate surface area is 128 Å². The number of thiophene rings is 1. The topological polar surface area (TPSA) is 12.0 Å². The standard InChI is InChI=1S/C16H22BrNS/c17-14-9-16(19-11-14)8-13(10-18-15-6-7-15)12-4-2-1-3-5-12/h8-9,11-12,15,18H,1-7,10H2. The van der Waals surface area contributed by atoms with Crippen molar-refractivity contribution < 1.29 is 0 Å². The molecule has 1 heterocycles. The molecule has 0 spiro atoms. The molecule has 0 bridgehead atoms. The Kier molecular flexibility index (Phi) is 4.78. The summed E-state index contributed by atoms with van der Waals surface area (Å²) in [4.78, 5) is 1.39. The van der Waals surface area contributed by atoms with Gasteiger partial charge in [0.15, 0.2) is 0 Å². The Bertz CT molecular complexity index is 441. The van der Waals surface area contributed by atoms with Gasteiger partial charge in [-0.1, -0.05) is 24.8 Å². The van der Waals surface area contributed by atoms with Crippen molar-refractivity contribution in [2.24, 2.45) is 5.92 Å². The highest BCUT2D eigenvalue weighted by Gasteiger charge is 2.23. The minimum absolute atomic E-state index is 0.807. The highest BCUT2D eigenvalue weighted by molar-refractivity contribution is 9.10. The van der Waals surface area contributed by atoms with Crippen LogP contribution in [-0.4, -0.2) is 12.6 Å². The molecule has 2 aliphatic carbocycles. The molecule has 0 radical (unpaired) electrons. The van der Waals surface area contributed by atoms with Crippen LogP contribution in [0.25, 0.3) is 6.08 Å². The molecule has 104 valence electrons. The van der Waals surface area contributed by atoms with Gasteiger partial charge in [-0.25, -0.2) is 0 Å². The summed E-state index contributed by atoms with van der Waals surface area (Å²) in [5.41, 5.74) is 1.64. The predicted octanol–water partition coefficient (Wildman–Crippen LogP) is 5.23. The zero-order valence-electron chi connectivity index (χ0n) is 11.3.